The van der Waals surface area contributed by atoms with Crippen molar-refractivity contribution in [2.75, 3.05) is 46.0 Å². The fourth-order valence-corrected chi connectivity index (χ4v) is 2.91. The first-order chi connectivity index (χ1) is 13.8. The number of amides is 1. The first kappa shape index (κ1) is 25.6. The molecule has 0 spiro atoms. The molecular formula is C21H35IN4O3. The van der Waals surface area contributed by atoms with E-state index >= 15 is 0 Å². The summed E-state index contributed by atoms with van der Waals surface area (Å²) in [7, 11) is 0. The summed E-state index contributed by atoms with van der Waals surface area (Å²) in [5.74, 6) is 0.577. The number of rotatable bonds is 12. The molecule has 1 unspecified atom stereocenters. The van der Waals surface area contributed by atoms with Crippen LogP contribution in [0.5, 0.6) is 0 Å². The van der Waals surface area contributed by atoms with Crippen molar-refractivity contribution in [2.24, 2.45) is 4.99 Å². The lowest BCUT2D eigenvalue weighted by atomic mass is 10.1. The minimum atomic E-state index is -0.0759. The normalized spacial score (nSPS) is 16.2. The van der Waals surface area contributed by atoms with Crippen molar-refractivity contribution >= 4 is 35.8 Å². The zero-order chi connectivity index (χ0) is 19.9. The van der Waals surface area contributed by atoms with Gasteiger partial charge in [-0.1, -0.05) is 30.3 Å². The SMILES string of the molecule is CCNC(=NCC(=O)NCCc1ccccc1)NCCCOCC1CCCO1.I. The van der Waals surface area contributed by atoms with E-state index in [0.29, 0.717) is 25.7 Å². The van der Waals surface area contributed by atoms with Gasteiger partial charge in [0.05, 0.1) is 12.7 Å². The van der Waals surface area contributed by atoms with Gasteiger partial charge in [-0.25, -0.2) is 4.99 Å². The van der Waals surface area contributed by atoms with Gasteiger partial charge in [-0.2, -0.15) is 0 Å². The van der Waals surface area contributed by atoms with Gasteiger partial charge in [0.25, 0.3) is 0 Å². The third-order valence-electron chi connectivity index (χ3n) is 4.39. The van der Waals surface area contributed by atoms with Crippen molar-refractivity contribution in [3.8, 4) is 0 Å². The predicted molar refractivity (Wildman–Crippen MR) is 127 cm³/mol. The highest BCUT2D eigenvalue weighted by Crippen LogP contribution is 2.11. The quantitative estimate of drug-likeness (QED) is 0.171. The fourth-order valence-electron chi connectivity index (χ4n) is 2.91. The van der Waals surface area contributed by atoms with Crippen LogP contribution in [0.4, 0.5) is 0 Å². The van der Waals surface area contributed by atoms with Crippen LogP contribution in [0.2, 0.25) is 0 Å². The summed E-state index contributed by atoms with van der Waals surface area (Å²) in [5.41, 5.74) is 1.21. The van der Waals surface area contributed by atoms with Gasteiger partial charge in [-0.15, -0.1) is 24.0 Å². The van der Waals surface area contributed by atoms with Gasteiger partial charge >= 0.3 is 0 Å². The maximum Gasteiger partial charge on any atom is 0.241 e. The van der Waals surface area contributed by atoms with Crippen LogP contribution in [-0.4, -0.2) is 64.0 Å². The van der Waals surface area contributed by atoms with Crippen LogP contribution in [0.15, 0.2) is 35.3 Å². The van der Waals surface area contributed by atoms with Crippen molar-refractivity contribution in [3.05, 3.63) is 35.9 Å². The topological polar surface area (TPSA) is 84.0 Å². The number of nitrogens with one attached hydrogen (secondary N) is 3. The summed E-state index contributed by atoms with van der Waals surface area (Å²) in [5, 5.41) is 9.29. The molecule has 1 heterocycles. The van der Waals surface area contributed by atoms with E-state index in [4.69, 9.17) is 9.47 Å². The average Bonchev–Trinajstić information content (AvgIpc) is 3.23. The second-order valence-corrected chi connectivity index (χ2v) is 6.77. The molecule has 0 aromatic heterocycles. The molecule has 29 heavy (non-hydrogen) atoms. The molecule has 164 valence electrons. The minimum absolute atomic E-state index is 0. The molecule has 1 fully saturated rings. The Balaban J connectivity index is 0.00000420. The number of benzene rings is 1. The van der Waals surface area contributed by atoms with E-state index in [9.17, 15) is 4.79 Å². The zero-order valence-corrected chi connectivity index (χ0v) is 19.7. The van der Waals surface area contributed by atoms with Crippen LogP contribution in [0.25, 0.3) is 0 Å². The zero-order valence-electron chi connectivity index (χ0n) is 17.3. The van der Waals surface area contributed by atoms with Gasteiger partial charge in [0, 0.05) is 32.8 Å². The number of aliphatic imine (C=N–C) groups is 1. The Morgan fingerprint density at radius 1 is 1.21 bits per heavy atom. The lowest BCUT2D eigenvalue weighted by Crippen LogP contribution is -2.39. The minimum Gasteiger partial charge on any atom is -0.379 e. The highest BCUT2D eigenvalue weighted by molar-refractivity contribution is 14.0. The number of halogens is 1. The summed E-state index contributed by atoms with van der Waals surface area (Å²) in [6.45, 7) is 6.44. The second-order valence-electron chi connectivity index (χ2n) is 6.77. The molecule has 7 nitrogen and oxygen atoms in total. The van der Waals surface area contributed by atoms with Gasteiger partial charge in [-0.05, 0) is 38.2 Å². The van der Waals surface area contributed by atoms with Gasteiger partial charge in [0.1, 0.15) is 6.54 Å². The van der Waals surface area contributed by atoms with Crippen molar-refractivity contribution < 1.29 is 14.3 Å². The molecule has 1 atom stereocenters. The standard InChI is InChI=1S/C21H34N4O3.HI/c1-2-22-21(24-12-7-14-27-17-19-10-6-15-28-19)25-16-20(26)23-13-11-18-8-4-3-5-9-18;/h3-5,8-9,19H,2,6-7,10-17H2,1H3,(H,23,26)(H2,22,24,25);1H. The molecule has 8 heteroatoms. The summed E-state index contributed by atoms with van der Waals surface area (Å²) >= 11 is 0. The molecule has 3 N–H and O–H groups in total. The fraction of sp³-hybridized carbons (Fsp3) is 0.619. The van der Waals surface area contributed by atoms with E-state index in [1.165, 1.54) is 5.56 Å². The number of hydrogen-bond acceptors (Lipinski definition) is 4. The second kappa shape index (κ2) is 16.4. The molecule has 0 bridgehead atoms. The molecule has 0 aliphatic carbocycles. The van der Waals surface area contributed by atoms with E-state index in [0.717, 1.165) is 45.4 Å². The van der Waals surface area contributed by atoms with Crippen LogP contribution in [-0.2, 0) is 20.7 Å². The van der Waals surface area contributed by atoms with Crippen molar-refractivity contribution in [2.45, 2.75) is 38.7 Å². The largest absolute Gasteiger partial charge is 0.379 e. The number of hydrogen-bond donors (Lipinski definition) is 3. The van der Waals surface area contributed by atoms with Gasteiger partial charge in [0.15, 0.2) is 5.96 Å². The van der Waals surface area contributed by atoms with Crippen molar-refractivity contribution in [1.82, 2.24) is 16.0 Å². The molecule has 1 aromatic rings. The van der Waals surface area contributed by atoms with Crippen LogP contribution in [0.1, 0.15) is 31.7 Å². The molecule has 1 saturated heterocycles. The summed E-state index contributed by atoms with van der Waals surface area (Å²) in [4.78, 5) is 16.3. The molecule has 1 aliphatic heterocycles. The lowest BCUT2D eigenvalue weighted by molar-refractivity contribution is -0.119. The van der Waals surface area contributed by atoms with Gasteiger partial charge in [-0.3, -0.25) is 4.79 Å². The number of carbonyl (C=O) groups excluding carboxylic acids is 1. The monoisotopic (exact) mass is 518 g/mol. The predicted octanol–water partition coefficient (Wildman–Crippen LogP) is 2.10. The highest BCUT2D eigenvalue weighted by atomic mass is 127. The lowest BCUT2D eigenvalue weighted by Gasteiger charge is -2.12. The van der Waals surface area contributed by atoms with E-state index in [1.54, 1.807) is 0 Å². The molecule has 0 saturated carbocycles. The van der Waals surface area contributed by atoms with Gasteiger partial charge in [0.2, 0.25) is 5.91 Å². The average molecular weight is 518 g/mol. The summed E-state index contributed by atoms with van der Waals surface area (Å²) in [6, 6.07) is 10.1. The molecule has 1 aliphatic rings. The molecule has 0 radical (unpaired) electrons. The van der Waals surface area contributed by atoms with E-state index in [-0.39, 0.29) is 42.5 Å². The Morgan fingerprint density at radius 3 is 2.76 bits per heavy atom. The molecule has 1 amide bonds. The van der Waals surface area contributed by atoms with Crippen LogP contribution in [0.3, 0.4) is 0 Å². The Morgan fingerprint density at radius 2 is 2.03 bits per heavy atom. The third-order valence-corrected chi connectivity index (χ3v) is 4.39. The maximum atomic E-state index is 12.0. The Bertz CT molecular complexity index is 581. The van der Waals surface area contributed by atoms with E-state index in [2.05, 4.69) is 33.1 Å². The number of guanidine groups is 1. The number of carbonyl (C=O) groups is 1. The molecule has 2 rings (SSSR count). The molecular weight excluding hydrogens is 483 g/mol. The summed E-state index contributed by atoms with van der Waals surface area (Å²) < 4.78 is 11.2. The van der Waals surface area contributed by atoms with Gasteiger partial charge < -0.3 is 25.4 Å². The summed E-state index contributed by atoms with van der Waals surface area (Å²) in [6.07, 6.45) is 4.20. The van der Waals surface area contributed by atoms with Crippen LogP contribution < -0.4 is 16.0 Å². The van der Waals surface area contributed by atoms with Crippen LogP contribution >= 0.6 is 24.0 Å². The van der Waals surface area contributed by atoms with Crippen molar-refractivity contribution in [1.29, 1.82) is 0 Å². The first-order valence-corrected chi connectivity index (χ1v) is 10.3. The Kier molecular flexibility index (Phi) is 14.5. The first-order valence-electron chi connectivity index (χ1n) is 10.3. The van der Waals surface area contributed by atoms with Crippen LogP contribution in [0, 0.1) is 0 Å². The highest BCUT2D eigenvalue weighted by Gasteiger charge is 2.14. The Hall–Kier alpha value is -1.39. The third kappa shape index (κ3) is 12.0. The van der Waals surface area contributed by atoms with E-state index < -0.39 is 0 Å². The maximum absolute atomic E-state index is 12.0. The smallest absolute Gasteiger partial charge is 0.241 e. The number of ether oxygens (including phenoxy) is 2. The van der Waals surface area contributed by atoms with E-state index in [1.807, 2.05) is 25.1 Å². The number of nitrogens with zero attached hydrogens (tertiary/aromatic N) is 1. The Labute approximate surface area is 191 Å². The van der Waals surface area contributed by atoms with Crippen molar-refractivity contribution in [3.63, 3.8) is 0 Å². The molecule has 1 aromatic carbocycles.